The summed E-state index contributed by atoms with van der Waals surface area (Å²) in [7, 11) is -4.99. The molecule has 0 heterocycles. The first kappa shape index (κ1) is 26.8. The van der Waals surface area contributed by atoms with Crippen LogP contribution in [0.15, 0.2) is 29.2 Å². The minimum absolute atomic E-state index is 0.0793. The monoisotopic (exact) mass is 484 g/mol. The summed E-state index contributed by atoms with van der Waals surface area (Å²) in [6, 6.07) is 7.10. The van der Waals surface area contributed by atoms with Crippen molar-refractivity contribution in [2.45, 2.75) is 94.1 Å². The number of aryl methyl sites for hydroxylation is 1. The fraction of sp³-hybridized carbons (Fsp3) is 0.696. The lowest BCUT2D eigenvalue weighted by Gasteiger charge is -2.35. The molecule has 32 heavy (non-hydrogen) atoms. The second kappa shape index (κ2) is 11.6. The first-order valence-corrected chi connectivity index (χ1v) is 16.8. The molecule has 1 aromatic rings. The van der Waals surface area contributed by atoms with E-state index in [0.29, 0.717) is 32.2 Å². The number of amides is 1. The number of carbonyl (C=O) groups excluding carboxylic acids is 1. The van der Waals surface area contributed by atoms with Crippen molar-refractivity contribution in [2.75, 3.05) is 13.2 Å². The van der Waals surface area contributed by atoms with Gasteiger partial charge in [-0.1, -0.05) is 56.6 Å². The summed E-state index contributed by atoms with van der Waals surface area (Å²) >= 11 is 0. The molecule has 0 radical (unpaired) electrons. The molecule has 1 fully saturated rings. The summed E-state index contributed by atoms with van der Waals surface area (Å²) in [5.41, 5.74) is 0.0868. The van der Waals surface area contributed by atoms with E-state index in [2.05, 4.69) is 29.7 Å². The third kappa shape index (κ3) is 9.60. The summed E-state index contributed by atoms with van der Waals surface area (Å²) in [5.74, 6) is 0. The van der Waals surface area contributed by atoms with Crippen molar-refractivity contribution in [1.29, 1.82) is 0 Å². The predicted octanol–water partition coefficient (Wildman–Crippen LogP) is 4.18. The number of alkyl carbamates (subject to hydrolysis) is 1. The third-order valence-corrected chi connectivity index (χ3v) is 9.19. The van der Waals surface area contributed by atoms with Crippen molar-refractivity contribution in [3.8, 4) is 0 Å². The van der Waals surface area contributed by atoms with Gasteiger partial charge in [0.2, 0.25) is 10.0 Å². The van der Waals surface area contributed by atoms with Gasteiger partial charge < -0.3 is 15.2 Å². The Balaban J connectivity index is 1.98. The Bertz CT molecular complexity index is 831. The van der Waals surface area contributed by atoms with Gasteiger partial charge in [0.05, 0.1) is 17.1 Å². The van der Waals surface area contributed by atoms with Crippen LogP contribution < -0.4 is 10.0 Å². The van der Waals surface area contributed by atoms with Gasteiger partial charge in [-0.15, -0.1) is 0 Å². The highest BCUT2D eigenvalue weighted by molar-refractivity contribution is 7.89. The van der Waals surface area contributed by atoms with Gasteiger partial charge >= 0.3 is 6.09 Å². The number of aliphatic hydroxyl groups is 1. The number of carbonyl (C=O) groups is 1. The zero-order valence-corrected chi connectivity index (χ0v) is 21.8. The standard InChI is InChI=1S/C23H40N2O5SSi/c1-19-8-10-21(11-9-19)31(28,29)25-20(18-23(27)13-6-5-7-14-23)12-16-30-22(26)24-15-17-32(2,3)4/h8-11,20,25,27H,5-7,12-18H2,1-4H3,(H,24,26). The van der Waals surface area contributed by atoms with Crippen LogP contribution in [-0.4, -0.2) is 52.5 Å². The highest BCUT2D eigenvalue weighted by Crippen LogP contribution is 2.32. The van der Waals surface area contributed by atoms with E-state index >= 15 is 0 Å². The Morgan fingerprint density at radius 3 is 2.38 bits per heavy atom. The van der Waals surface area contributed by atoms with Crippen LogP contribution in [0.3, 0.4) is 0 Å². The number of benzene rings is 1. The lowest BCUT2D eigenvalue weighted by Crippen LogP contribution is -2.44. The van der Waals surface area contributed by atoms with Gasteiger partial charge in [0.1, 0.15) is 0 Å². The molecule has 1 unspecified atom stereocenters. The lowest BCUT2D eigenvalue weighted by molar-refractivity contribution is -0.0123. The van der Waals surface area contributed by atoms with E-state index in [1.807, 2.05) is 6.92 Å². The summed E-state index contributed by atoms with van der Waals surface area (Å²) in [4.78, 5) is 12.2. The topological polar surface area (TPSA) is 105 Å². The second-order valence-corrected chi connectivity index (χ2v) is 17.6. The molecule has 9 heteroatoms. The molecule has 2 rings (SSSR count). The van der Waals surface area contributed by atoms with Gasteiger partial charge in [-0.2, -0.15) is 0 Å². The molecule has 182 valence electrons. The van der Waals surface area contributed by atoms with Crippen LogP contribution in [0.1, 0.15) is 50.5 Å². The number of rotatable bonds is 11. The number of ether oxygens (including phenoxy) is 1. The van der Waals surface area contributed by atoms with Crippen molar-refractivity contribution < 1.29 is 23.1 Å². The molecule has 0 spiro atoms. The van der Waals surface area contributed by atoms with Crippen LogP contribution in [0.2, 0.25) is 25.7 Å². The molecular formula is C23H40N2O5SSi. The maximum atomic E-state index is 12.9. The third-order valence-electron chi connectivity index (χ3n) is 5.91. The quantitative estimate of drug-likeness (QED) is 0.409. The van der Waals surface area contributed by atoms with Gasteiger partial charge in [-0.05, 0) is 50.8 Å². The molecule has 0 aromatic heterocycles. The molecule has 3 N–H and O–H groups in total. The first-order valence-electron chi connectivity index (χ1n) is 11.6. The van der Waals surface area contributed by atoms with Crippen LogP contribution in [0.5, 0.6) is 0 Å². The largest absolute Gasteiger partial charge is 0.450 e. The van der Waals surface area contributed by atoms with E-state index in [9.17, 15) is 18.3 Å². The van der Waals surface area contributed by atoms with Crippen LogP contribution in [-0.2, 0) is 14.8 Å². The lowest BCUT2D eigenvalue weighted by atomic mass is 9.80. The summed E-state index contributed by atoms with van der Waals surface area (Å²) in [6.45, 7) is 9.27. The number of sulfonamides is 1. The number of hydrogen-bond donors (Lipinski definition) is 3. The van der Waals surface area contributed by atoms with Crippen molar-refractivity contribution in [3.63, 3.8) is 0 Å². The van der Waals surface area contributed by atoms with Crippen LogP contribution in [0.25, 0.3) is 0 Å². The molecule has 1 aliphatic carbocycles. The van der Waals surface area contributed by atoms with E-state index in [1.165, 1.54) is 0 Å². The molecule has 0 bridgehead atoms. The molecule has 1 atom stereocenters. The van der Waals surface area contributed by atoms with Crippen LogP contribution in [0.4, 0.5) is 4.79 Å². The summed E-state index contributed by atoms with van der Waals surface area (Å²) in [6.07, 6.45) is 4.39. The van der Waals surface area contributed by atoms with Crippen LogP contribution >= 0.6 is 0 Å². The Morgan fingerprint density at radius 1 is 1.16 bits per heavy atom. The van der Waals surface area contributed by atoms with Gasteiger partial charge in [0.25, 0.3) is 0 Å². The molecule has 1 aliphatic rings. The molecule has 7 nitrogen and oxygen atoms in total. The maximum absolute atomic E-state index is 12.9. The van der Waals surface area contributed by atoms with E-state index in [1.54, 1.807) is 24.3 Å². The predicted molar refractivity (Wildman–Crippen MR) is 130 cm³/mol. The maximum Gasteiger partial charge on any atom is 0.407 e. The highest BCUT2D eigenvalue weighted by Gasteiger charge is 2.34. The molecule has 1 saturated carbocycles. The number of hydrogen-bond acceptors (Lipinski definition) is 5. The van der Waals surface area contributed by atoms with E-state index in [0.717, 1.165) is 30.9 Å². The van der Waals surface area contributed by atoms with Gasteiger partial charge in [-0.25, -0.2) is 17.9 Å². The second-order valence-electron chi connectivity index (χ2n) is 10.3. The van der Waals surface area contributed by atoms with Gasteiger partial charge in [0.15, 0.2) is 0 Å². The van der Waals surface area contributed by atoms with Gasteiger partial charge in [-0.3, -0.25) is 0 Å². The fourth-order valence-corrected chi connectivity index (χ4v) is 6.11. The number of nitrogens with one attached hydrogen (secondary N) is 2. The minimum atomic E-state index is -3.75. The summed E-state index contributed by atoms with van der Waals surface area (Å²) in [5, 5.41) is 13.8. The Morgan fingerprint density at radius 2 is 1.78 bits per heavy atom. The smallest absolute Gasteiger partial charge is 0.407 e. The SMILES string of the molecule is Cc1ccc(S(=O)(=O)NC(CCOC(=O)NCC[Si](C)(C)C)CC2(O)CCCCC2)cc1. The fourth-order valence-electron chi connectivity index (χ4n) is 3.96. The van der Waals surface area contributed by atoms with Crippen molar-refractivity contribution in [3.05, 3.63) is 29.8 Å². The van der Waals surface area contributed by atoms with Crippen LogP contribution in [0, 0.1) is 6.92 Å². The van der Waals surface area contributed by atoms with E-state index in [4.69, 9.17) is 4.74 Å². The average molecular weight is 485 g/mol. The zero-order chi connectivity index (χ0) is 23.8. The molecule has 1 amide bonds. The molecule has 1 aromatic carbocycles. The van der Waals surface area contributed by atoms with E-state index < -0.39 is 35.8 Å². The Kier molecular flexibility index (Phi) is 9.75. The molecule has 0 saturated heterocycles. The highest BCUT2D eigenvalue weighted by atomic mass is 32.2. The van der Waals surface area contributed by atoms with Crippen molar-refractivity contribution >= 4 is 24.2 Å². The first-order chi connectivity index (χ1) is 14.9. The van der Waals surface area contributed by atoms with Crippen molar-refractivity contribution in [2.24, 2.45) is 0 Å². The molecular weight excluding hydrogens is 444 g/mol. The Labute approximate surface area is 194 Å². The van der Waals surface area contributed by atoms with Gasteiger partial charge in [0, 0.05) is 20.7 Å². The van der Waals surface area contributed by atoms with E-state index in [-0.39, 0.29) is 11.5 Å². The summed E-state index contributed by atoms with van der Waals surface area (Å²) < 4.78 is 33.9. The molecule has 0 aliphatic heterocycles. The minimum Gasteiger partial charge on any atom is -0.450 e. The average Bonchev–Trinajstić information content (AvgIpc) is 2.67. The Hall–Kier alpha value is -1.42. The zero-order valence-electron chi connectivity index (χ0n) is 19.9. The van der Waals surface area contributed by atoms with Crippen molar-refractivity contribution in [1.82, 2.24) is 10.0 Å². The normalized spacial score (nSPS) is 17.5.